The second-order valence-corrected chi connectivity index (χ2v) is 4.00. The fraction of sp³-hybridized carbons (Fsp3) is 0. The first kappa shape index (κ1) is 10.9. The summed E-state index contributed by atoms with van der Waals surface area (Å²) in [5.41, 5.74) is 2.46. The van der Waals surface area contributed by atoms with Crippen molar-refractivity contribution in [1.82, 2.24) is 4.98 Å². The van der Waals surface area contributed by atoms with E-state index < -0.39 is 0 Å². The van der Waals surface area contributed by atoms with E-state index in [4.69, 9.17) is 10.6 Å². The third-order valence-electron chi connectivity index (χ3n) is 1.91. The first-order valence-electron chi connectivity index (χ1n) is 4.64. The highest BCUT2D eigenvalue weighted by Gasteiger charge is 1.99. The molecule has 82 valence electrons. The number of hydrogen-bond donors (Lipinski definition) is 2. The number of nitrogens with zero attached hydrogens (tertiary/aromatic N) is 1. The van der Waals surface area contributed by atoms with Crippen LogP contribution in [0.1, 0.15) is 0 Å². The molecular weight excluding hydrogens is 270 g/mol. The molecule has 0 fully saturated rings. The molecule has 0 atom stereocenters. The van der Waals surface area contributed by atoms with Crippen molar-refractivity contribution in [2.45, 2.75) is 0 Å². The van der Waals surface area contributed by atoms with Crippen molar-refractivity contribution in [2.24, 2.45) is 5.84 Å². The van der Waals surface area contributed by atoms with E-state index in [-0.39, 0.29) is 0 Å². The normalized spacial score (nSPS) is 9.88. The molecule has 4 nitrogen and oxygen atoms in total. The third-order valence-corrected chi connectivity index (χ3v) is 2.40. The topological polar surface area (TPSA) is 60.2 Å². The van der Waals surface area contributed by atoms with Crippen molar-refractivity contribution in [3.05, 3.63) is 47.1 Å². The Kier molecular flexibility index (Phi) is 3.38. The first-order chi connectivity index (χ1) is 7.78. The van der Waals surface area contributed by atoms with Crippen LogP contribution in [0.4, 0.5) is 5.82 Å². The van der Waals surface area contributed by atoms with E-state index in [1.54, 1.807) is 18.3 Å². The van der Waals surface area contributed by atoms with Crippen molar-refractivity contribution in [1.29, 1.82) is 0 Å². The summed E-state index contributed by atoms with van der Waals surface area (Å²) in [5, 5.41) is 0. The van der Waals surface area contributed by atoms with E-state index >= 15 is 0 Å². The lowest BCUT2D eigenvalue weighted by molar-refractivity contribution is 0.482. The molecule has 0 aliphatic heterocycles. The number of hydrazine groups is 1. The Labute approximate surface area is 102 Å². The fourth-order valence-corrected chi connectivity index (χ4v) is 1.60. The Morgan fingerprint density at radius 2 is 2.00 bits per heavy atom. The van der Waals surface area contributed by atoms with E-state index in [0.29, 0.717) is 11.6 Å². The highest BCUT2D eigenvalue weighted by molar-refractivity contribution is 9.10. The molecule has 0 amide bonds. The van der Waals surface area contributed by atoms with Gasteiger partial charge < -0.3 is 10.2 Å². The van der Waals surface area contributed by atoms with E-state index in [9.17, 15) is 0 Å². The Morgan fingerprint density at radius 3 is 2.75 bits per heavy atom. The summed E-state index contributed by atoms with van der Waals surface area (Å²) in [6, 6.07) is 11.1. The second-order valence-electron chi connectivity index (χ2n) is 3.08. The van der Waals surface area contributed by atoms with Gasteiger partial charge in [-0.3, -0.25) is 0 Å². The van der Waals surface area contributed by atoms with Gasteiger partial charge in [0.2, 0.25) is 0 Å². The standard InChI is InChI=1S/C11H10BrN3O/c12-8-2-1-3-9(6-8)16-10-4-5-14-11(7-10)15-13/h1-7H,13H2,(H,14,15). The second kappa shape index (κ2) is 4.96. The first-order valence-corrected chi connectivity index (χ1v) is 5.43. The van der Waals surface area contributed by atoms with Crippen LogP contribution in [0.5, 0.6) is 11.5 Å². The molecule has 1 aromatic heterocycles. The monoisotopic (exact) mass is 279 g/mol. The smallest absolute Gasteiger partial charge is 0.143 e. The van der Waals surface area contributed by atoms with Crippen molar-refractivity contribution in [3.63, 3.8) is 0 Å². The number of nitrogens with one attached hydrogen (secondary N) is 1. The van der Waals surface area contributed by atoms with Crippen molar-refractivity contribution in [2.75, 3.05) is 5.43 Å². The molecule has 3 N–H and O–H groups in total. The minimum absolute atomic E-state index is 0.562. The summed E-state index contributed by atoms with van der Waals surface area (Å²) >= 11 is 3.38. The minimum Gasteiger partial charge on any atom is -0.457 e. The van der Waals surface area contributed by atoms with Crippen LogP contribution in [0.3, 0.4) is 0 Å². The van der Waals surface area contributed by atoms with Crippen molar-refractivity contribution < 1.29 is 4.74 Å². The van der Waals surface area contributed by atoms with E-state index in [1.165, 1.54) is 0 Å². The number of hydrogen-bond acceptors (Lipinski definition) is 4. The van der Waals surface area contributed by atoms with Crippen LogP contribution >= 0.6 is 15.9 Å². The van der Waals surface area contributed by atoms with Crippen LogP contribution in [0.25, 0.3) is 0 Å². The van der Waals surface area contributed by atoms with Crippen molar-refractivity contribution >= 4 is 21.7 Å². The zero-order chi connectivity index (χ0) is 11.4. The van der Waals surface area contributed by atoms with Gasteiger partial charge in [0.15, 0.2) is 0 Å². The number of aromatic nitrogens is 1. The molecule has 0 bridgehead atoms. The maximum atomic E-state index is 5.64. The Balaban J connectivity index is 2.20. The molecule has 0 saturated heterocycles. The maximum Gasteiger partial charge on any atom is 0.143 e. The number of rotatable bonds is 3. The van der Waals surface area contributed by atoms with Crippen LogP contribution in [-0.4, -0.2) is 4.98 Å². The molecule has 2 aromatic rings. The largest absolute Gasteiger partial charge is 0.457 e. The average Bonchev–Trinajstić information content (AvgIpc) is 2.29. The van der Waals surface area contributed by atoms with Gasteiger partial charge in [0, 0.05) is 16.7 Å². The summed E-state index contributed by atoms with van der Waals surface area (Å²) in [7, 11) is 0. The SMILES string of the molecule is NNc1cc(Oc2cccc(Br)c2)ccn1. The zero-order valence-corrected chi connectivity index (χ0v) is 9.94. The molecule has 0 aliphatic carbocycles. The van der Waals surface area contributed by atoms with Crippen LogP contribution < -0.4 is 16.0 Å². The summed E-state index contributed by atoms with van der Waals surface area (Å²) in [6.07, 6.45) is 1.63. The molecule has 0 saturated carbocycles. The van der Waals surface area contributed by atoms with Gasteiger partial charge >= 0.3 is 0 Å². The molecule has 0 radical (unpaired) electrons. The maximum absolute atomic E-state index is 5.64. The number of nitrogens with two attached hydrogens (primary N) is 1. The van der Waals surface area contributed by atoms with Gasteiger partial charge in [0.25, 0.3) is 0 Å². The highest BCUT2D eigenvalue weighted by Crippen LogP contribution is 2.24. The quantitative estimate of drug-likeness (QED) is 0.670. The number of benzene rings is 1. The van der Waals surface area contributed by atoms with Gasteiger partial charge in [-0.05, 0) is 24.3 Å². The van der Waals surface area contributed by atoms with Crippen LogP contribution in [0.15, 0.2) is 47.1 Å². The van der Waals surface area contributed by atoms with E-state index in [2.05, 4.69) is 26.3 Å². The molecule has 1 aromatic carbocycles. The highest BCUT2D eigenvalue weighted by atomic mass is 79.9. The zero-order valence-electron chi connectivity index (χ0n) is 8.35. The molecule has 0 unspecified atom stereocenters. The predicted octanol–water partition coefficient (Wildman–Crippen LogP) is 2.92. The minimum atomic E-state index is 0.562. The fourth-order valence-electron chi connectivity index (χ4n) is 1.22. The number of halogens is 1. The summed E-state index contributed by atoms with van der Waals surface area (Å²) in [4.78, 5) is 3.99. The van der Waals surface area contributed by atoms with E-state index in [0.717, 1.165) is 10.2 Å². The number of ether oxygens (including phenoxy) is 1. The summed E-state index contributed by atoms with van der Waals surface area (Å²) < 4.78 is 6.60. The van der Waals surface area contributed by atoms with E-state index in [1.807, 2.05) is 24.3 Å². The lowest BCUT2D eigenvalue weighted by Gasteiger charge is -2.06. The van der Waals surface area contributed by atoms with Crippen LogP contribution in [0, 0.1) is 0 Å². The number of pyridine rings is 1. The molecule has 0 spiro atoms. The predicted molar refractivity (Wildman–Crippen MR) is 66.3 cm³/mol. The van der Waals surface area contributed by atoms with Crippen LogP contribution in [0.2, 0.25) is 0 Å². The van der Waals surface area contributed by atoms with Crippen LogP contribution in [-0.2, 0) is 0 Å². The molecule has 1 heterocycles. The molecule has 5 heteroatoms. The Hall–Kier alpha value is -1.59. The van der Waals surface area contributed by atoms with Gasteiger partial charge in [-0.15, -0.1) is 0 Å². The number of nitrogen functional groups attached to an aromatic ring is 1. The van der Waals surface area contributed by atoms with Gasteiger partial charge in [0.1, 0.15) is 17.3 Å². The molecule has 0 aliphatic rings. The Morgan fingerprint density at radius 1 is 1.19 bits per heavy atom. The lowest BCUT2D eigenvalue weighted by Crippen LogP contribution is -2.08. The van der Waals surface area contributed by atoms with Crippen molar-refractivity contribution in [3.8, 4) is 11.5 Å². The van der Waals surface area contributed by atoms with Gasteiger partial charge in [-0.1, -0.05) is 22.0 Å². The molecule has 16 heavy (non-hydrogen) atoms. The Bertz CT molecular complexity index is 490. The van der Waals surface area contributed by atoms with Gasteiger partial charge in [-0.25, -0.2) is 10.8 Å². The molecule has 2 rings (SSSR count). The summed E-state index contributed by atoms with van der Waals surface area (Å²) in [5.74, 6) is 7.26. The summed E-state index contributed by atoms with van der Waals surface area (Å²) in [6.45, 7) is 0. The number of anilines is 1. The van der Waals surface area contributed by atoms with Gasteiger partial charge in [0.05, 0.1) is 0 Å². The van der Waals surface area contributed by atoms with Gasteiger partial charge in [-0.2, -0.15) is 0 Å². The molecular formula is C11H10BrN3O. The average molecular weight is 280 g/mol. The third kappa shape index (κ3) is 2.71. The lowest BCUT2D eigenvalue weighted by atomic mass is 10.3.